The third-order valence-electron chi connectivity index (χ3n) is 4.19. The molecule has 1 aromatic rings. The number of benzene rings is 1. The van der Waals surface area contributed by atoms with E-state index in [2.05, 4.69) is 23.5 Å². The highest BCUT2D eigenvalue weighted by molar-refractivity contribution is 5.75. The molecule has 0 bridgehead atoms. The first-order valence-corrected chi connectivity index (χ1v) is 7.35. The minimum Gasteiger partial charge on any atom is -0.342 e. The van der Waals surface area contributed by atoms with E-state index in [4.69, 9.17) is 4.99 Å². The first-order valence-electron chi connectivity index (χ1n) is 7.35. The van der Waals surface area contributed by atoms with Gasteiger partial charge < -0.3 is 10.2 Å². The molecule has 0 aliphatic carbocycles. The zero-order chi connectivity index (χ0) is 13.9. The van der Waals surface area contributed by atoms with Crippen molar-refractivity contribution >= 4 is 17.8 Å². The summed E-state index contributed by atoms with van der Waals surface area (Å²) in [5.41, 5.74) is 3.75. The highest BCUT2D eigenvalue weighted by atomic mass is 16.2. The van der Waals surface area contributed by atoms with E-state index < -0.39 is 0 Å². The van der Waals surface area contributed by atoms with Crippen LogP contribution in [0.5, 0.6) is 0 Å². The molecule has 1 aromatic carbocycles. The summed E-state index contributed by atoms with van der Waals surface area (Å²) in [6, 6.07) is 6.31. The molecule has 3 rings (SSSR count). The Labute approximate surface area is 119 Å². The Hall–Kier alpha value is -1.68. The van der Waals surface area contributed by atoms with Crippen molar-refractivity contribution in [1.29, 1.82) is 0 Å². The Morgan fingerprint density at radius 2 is 2.35 bits per heavy atom. The average Bonchev–Trinajstić information content (AvgIpc) is 2.94. The first kappa shape index (κ1) is 13.3. The summed E-state index contributed by atoms with van der Waals surface area (Å²) in [6.45, 7) is 5.21. The van der Waals surface area contributed by atoms with Crippen LogP contribution in [0.4, 0.5) is 5.69 Å². The summed E-state index contributed by atoms with van der Waals surface area (Å²) < 4.78 is 0. The lowest BCUT2D eigenvalue weighted by Gasteiger charge is -2.30. The quantitative estimate of drug-likeness (QED) is 0.839. The van der Waals surface area contributed by atoms with Crippen molar-refractivity contribution in [3.05, 3.63) is 29.3 Å². The molecule has 0 spiro atoms. The van der Waals surface area contributed by atoms with E-state index in [1.54, 1.807) is 6.92 Å². The van der Waals surface area contributed by atoms with Gasteiger partial charge in [-0.05, 0) is 30.0 Å². The molecule has 1 fully saturated rings. The lowest BCUT2D eigenvalue weighted by Crippen LogP contribution is -2.38. The van der Waals surface area contributed by atoms with Gasteiger partial charge in [0.1, 0.15) is 0 Å². The number of carbonyl (C=O) groups excluding carboxylic acids is 1. The summed E-state index contributed by atoms with van der Waals surface area (Å²) in [5, 5.41) is 3.36. The molecule has 2 aliphatic heterocycles. The molecule has 1 saturated heterocycles. The van der Waals surface area contributed by atoms with Crippen LogP contribution in [0.3, 0.4) is 0 Å². The zero-order valence-corrected chi connectivity index (χ0v) is 11.9. The van der Waals surface area contributed by atoms with Gasteiger partial charge in [-0.3, -0.25) is 9.79 Å². The van der Waals surface area contributed by atoms with E-state index in [-0.39, 0.29) is 5.91 Å². The lowest BCUT2D eigenvalue weighted by atomic mass is 9.99. The van der Waals surface area contributed by atoms with Crippen molar-refractivity contribution < 1.29 is 4.79 Å². The predicted octanol–water partition coefficient (Wildman–Crippen LogP) is 2.25. The van der Waals surface area contributed by atoms with Gasteiger partial charge in [-0.2, -0.15) is 0 Å². The Balaban J connectivity index is 1.71. The van der Waals surface area contributed by atoms with Crippen LogP contribution in [-0.4, -0.2) is 30.1 Å². The maximum absolute atomic E-state index is 11.4. The Morgan fingerprint density at radius 3 is 3.20 bits per heavy atom. The number of hydrogen-bond donors (Lipinski definition) is 1. The second-order valence-electron chi connectivity index (χ2n) is 5.66. The fourth-order valence-electron chi connectivity index (χ4n) is 3.04. The number of rotatable bonds is 2. The van der Waals surface area contributed by atoms with E-state index in [1.165, 1.54) is 11.1 Å². The van der Waals surface area contributed by atoms with Crippen LogP contribution in [-0.2, 0) is 17.9 Å². The van der Waals surface area contributed by atoms with Gasteiger partial charge in [-0.1, -0.05) is 12.1 Å². The normalized spacial score (nSPS) is 22.2. The van der Waals surface area contributed by atoms with Crippen LogP contribution >= 0.6 is 0 Å². The molecule has 1 amide bonds. The lowest BCUT2D eigenvalue weighted by molar-refractivity contribution is -0.130. The molecule has 0 aromatic heterocycles. The first-order chi connectivity index (χ1) is 9.74. The minimum absolute atomic E-state index is 0.174. The van der Waals surface area contributed by atoms with E-state index >= 15 is 0 Å². The third-order valence-corrected chi connectivity index (χ3v) is 4.19. The van der Waals surface area contributed by atoms with Crippen molar-refractivity contribution in [3.8, 4) is 0 Å². The van der Waals surface area contributed by atoms with Crippen LogP contribution in [0.1, 0.15) is 30.9 Å². The highest BCUT2D eigenvalue weighted by Gasteiger charge is 2.20. The Kier molecular flexibility index (Phi) is 3.83. The molecule has 0 radical (unpaired) electrons. The second-order valence-corrected chi connectivity index (χ2v) is 5.66. The molecular formula is C16H21N3O. The van der Waals surface area contributed by atoms with Gasteiger partial charge in [0.15, 0.2) is 0 Å². The molecule has 4 nitrogen and oxygen atoms in total. The van der Waals surface area contributed by atoms with Crippen molar-refractivity contribution in [1.82, 2.24) is 10.2 Å². The number of aliphatic imine (C=N–C) groups is 1. The van der Waals surface area contributed by atoms with Crippen LogP contribution < -0.4 is 5.32 Å². The van der Waals surface area contributed by atoms with Gasteiger partial charge >= 0.3 is 0 Å². The summed E-state index contributed by atoms with van der Waals surface area (Å²) in [5.74, 6) is 0.561. The van der Waals surface area contributed by atoms with Crippen molar-refractivity contribution in [2.45, 2.75) is 32.9 Å². The standard InChI is InChI=1S/C16H21N3O/c1-12(20)19-7-3-4-13(11-19)8-18-16-6-2-5-14-9-17-10-15(14)16/h2,5-6,8,13,17H,3-4,7,9-11H2,1H3. The third kappa shape index (κ3) is 2.75. The average molecular weight is 271 g/mol. The van der Waals surface area contributed by atoms with E-state index in [1.807, 2.05) is 11.1 Å². The summed E-state index contributed by atoms with van der Waals surface area (Å²) in [6.07, 6.45) is 4.24. The summed E-state index contributed by atoms with van der Waals surface area (Å²) in [7, 11) is 0. The predicted molar refractivity (Wildman–Crippen MR) is 80.1 cm³/mol. The highest BCUT2D eigenvalue weighted by Crippen LogP contribution is 2.27. The minimum atomic E-state index is 0.174. The molecule has 1 N–H and O–H groups in total. The van der Waals surface area contributed by atoms with E-state index in [9.17, 15) is 4.79 Å². The van der Waals surface area contributed by atoms with E-state index in [0.717, 1.165) is 44.7 Å². The van der Waals surface area contributed by atoms with Gasteiger partial charge in [0.2, 0.25) is 5.91 Å². The smallest absolute Gasteiger partial charge is 0.219 e. The Bertz CT molecular complexity index is 539. The zero-order valence-electron chi connectivity index (χ0n) is 11.9. The van der Waals surface area contributed by atoms with Gasteiger partial charge in [0.25, 0.3) is 0 Å². The molecule has 1 unspecified atom stereocenters. The van der Waals surface area contributed by atoms with Crippen LogP contribution in [0.15, 0.2) is 23.2 Å². The topological polar surface area (TPSA) is 44.7 Å². The number of hydrogen-bond acceptors (Lipinski definition) is 3. The number of likely N-dealkylation sites (tertiary alicyclic amines) is 1. The summed E-state index contributed by atoms with van der Waals surface area (Å²) in [4.78, 5) is 18.1. The SMILES string of the molecule is CC(=O)N1CCCC(C=Nc2cccc3c2CNC3)C1. The van der Waals surface area contributed by atoms with Crippen LogP contribution in [0.2, 0.25) is 0 Å². The molecule has 2 aliphatic rings. The van der Waals surface area contributed by atoms with Crippen molar-refractivity contribution in [2.24, 2.45) is 10.9 Å². The largest absolute Gasteiger partial charge is 0.342 e. The van der Waals surface area contributed by atoms with Crippen LogP contribution in [0, 0.1) is 5.92 Å². The van der Waals surface area contributed by atoms with Gasteiger partial charge in [0.05, 0.1) is 5.69 Å². The number of amides is 1. The molecular weight excluding hydrogens is 250 g/mol. The van der Waals surface area contributed by atoms with Gasteiger partial charge in [-0.15, -0.1) is 0 Å². The molecule has 2 heterocycles. The molecule has 4 heteroatoms. The number of fused-ring (bicyclic) bond motifs is 1. The maximum atomic E-state index is 11.4. The number of carbonyl (C=O) groups is 1. The van der Waals surface area contributed by atoms with E-state index in [0.29, 0.717) is 5.92 Å². The van der Waals surface area contributed by atoms with Crippen LogP contribution in [0.25, 0.3) is 0 Å². The monoisotopic (exact) mass is 271 g/mol. The maximum Gasteiger partial charge on any atom is 0.219 e. The molecule has 20 heavy (non-hydrogen) atoms. The summed E-state index contributed by atoms with van der Waals surface area (Å²) >= 11 is 0. The molecule has 106 valence electrons. The number of nitrogens with one attached hydrogen (secondary N) is 1. The van der Waals surface area contributed by atoms with Gasteiger partial charge in [-0.25, -0.2) is 0 Å². The second kappa shape index (κ2) is 5.75. The molecule has 1 atom stereocenters. The number of nitrogens with zero attached hydrogens (tertiary/aromatic N) is 2. The fraction of sp³-hybridized carbons (Fsp3) is 0.500. The van der Waals surface area contributed by atoms with Gasteiger partial charge in [0, 0.05) is 45.2 Å². The van der Waals surface area contributed by atoms with Crippen molar-refractivity contribution in [3.63, 3.8) is 0 Å². The Morgan fingerprint density at radius 1 is 1.45 bits per heavy atom. The van der Waals surface area contributed by atoms with Crippen molar-refractivity contribution in [2.75, 3.05) is 13.1 Å². The fourth-order valence-corrected chi connectivity index (χ4v) is 3.04. The molecule has 0 saturated carbocycles. The number of piperidine rings is 1.